The van der Waals surface area contributed by atoms with Crippen molar-refractivity contribution in [3.05, 3.63) is 53.6 Å². The maximum absolute atomic E-state index is 17.4. The number of urea groups is 1. The first-order valence-electron chi connectivity index (χ1n) is 19.1. The van der Waals surface area contributed by atoms with E-state index in [2.05, 4.69) is 21.3 Å². The number of ether oxygens (including phenoxy) is 3. The Hall–Kier alpha value is -4.21. The number of carbonyl (C=O) groups is 5. The number of Topliss-reactive ketones (excluding diaryl/α,β-unsaturated/α-hetero) is 1. The average molecular weight is 771 g/mol. The molecule has 1 aromatic rings. The zero-order valence-corrected chi connectivity index (χ0v) is 31.8. The normalized spacial score (nSPS) is 35.7. The first-order valence-corrected chi connectivity index (χ1v) is 19.1. The molecule has 0 radical (unpaired) electrons. The fraction of sp³-hybridized carbons (Fsp3) is 0.625. The van der Waals surface area contributed by atoms with Crippen molar-refractivity contribution in [2.75, 3.05) is 25.0 Å². The van der Waals surface area contributed by atoms with Gasteiger partial charge in [0.05, 0.1) is 18.8 Å². The molecule has 1 saturated heterocycles. The summed E-state index contributed by atoms with van der Waals surface area (Å²) in [7, 11) is 0. The molecule has 2 unspecified atom stereocenters. The van der Waals surface area contributed by atoms with E-state index < -0.39 is 58.8 Å². The molecule has 0 spiro atoms. The molecule has 15 heteroatoms. The molecule has 13 nitrogen and oxygen atoms in total. The third kappa shape index (κ3) is 7.67. The first-order chi connectivity index (χ1) is 26.0. The number of ketones is 2. The second-order valence-corrected chi connectivity index (χ2v) is 16.2. The molecule has 0 bridgehead atoms. The standard InChI is InChI=1S/C40H52F2N4O9/c1-23(47)21-45-36(52)53-22-24-8-10-25(11-9-24)46-33(50)7-5-6-15-43-35(51)44-16-13-34-54-32-19-27-28-18-30(41)29-17-26(48)12-14-37(29,2)40(28,42)31(49)20-38(27,3)39(32,4)55-34/h8-12,14,17,27-28,30-32,34,49H,5-7,13,15-16,18-22H2,1-4H3,(H,45,52)(H,46,50)(H2,43,44,51)/t27?,28-,30-,31-,32+,34?,37-,38-,39+,40-/m0/s1. The molecule has 3 saturated carbocycles. The summed E-state index contributed by atoms with van der Waals surface area (Å²) < 4.78 is 51.0. The second kappa shape index (κ2) is 15.7. The number of carbonyl (C=O) groups excluding carboxylic acids is 5. The van der Waals surface area contributed by atoms with Gasteiger partial charge in [-0.05, 0) is 94.2 Å². The van der Waals surface area contributed by atoms with E-state index in [1.54, 1.807) is 31.2 Å². The molecule has 1 aliphatic heterocycles. The van der Waals surface area contributed by atoms with Gasteiger partial charge in [-0.25, -0.2) is 18.4 Å². The van der Waals surface area contributed by atoms with Gasteiger partial charge < -0.3 is 40.6 Å². The van der Waals surface area contributed by atoms with E-state index in [0.29, 0.717) is 43.5 Å². The number of halogens is 2. The Bertz CT molecular complexity index is 1740. The van der Waals surface area contributed by atoms with Gasteiger partial charge in [-0.3, -0.25) is 14.4 Å². The number of hydrogen-bond acceptors (Lipinski definition) is 9. The fourth-order valence-corrected chi connectivity index (χ4v) is 9.67. The van der Waals surface area contributed by atoms with Crippen molar-refractivity contribution in [1.82, 2.24) is 16.0 Å². The van der Waals surface area contributed by atoms with Gasteiger partial charge in [-0.15, -0.1) is 0 Å². The van der Waals surface area contributed by atoms with Crippen molar-refractivity contribution in [1.29, 1.82) is 0 Å². The van der Waals surface area contributed by atoms with E-state index in [1.165, 1.54) is 25.2 Å². The molecule has 1 aromatic carbocycles. The number of fused-ring (bicyclic) bond motifs is 7. The van der Waals surface area contributed by atoms with Crippen LogP contribution in [-0.4, -0.2) is 90.3 Å². The SMILES string of the molecule is CC(=O)CNC(=O)OCc1ccc(NC(=O)CCCCNC(=O)NCCC2O[C@@H]3CC4[C@@H]5C[C@H](F)C6=CC(=O)C=C[C@]6(C)[C@@]5(F)[C@@H](O)C[C@]4(C)[C@]3(C)O2)cc1. The van der Waals surface area contributed by atoms with Gasteiger partial charge in [0, 0.05) is 48.4 Å². The Morgan fingerprint density at radius 2 is 1.73 bits per heavy atom. The molecule has 4 amide bonds. The van der Waals surface area contributed by atoms with E-state index in [4.69, 9.17) is 14.2 Å². The molecule has 5 aliphatic rings. The molecule has 5 N–H and O–H groups in total. The number of aliphatic hydroxyl groups is 1. The number of benzene rings is 1. The summed E-state index contributed by atoms with van der Waals surface area (Å²) in [4.78, 5) is 59.4. The highest BCUT2D eigenvalue weighted by Gasteiger charge is 2.77. The summed E-state index contributed by atoms with van der Waals surface area (Å²) in [5, 5.41) is 22.3. The summed E-state index contributed by atoms with van der Waals surface area (Å²) in [6.07, 6.45) is 1.41. The number of amides is 4. The molecule has 55 heavy (non-hydrogen) atoms. The maximum Gasteiger partial charge on any atom is 0.407 e. The summed E-state index contributed by atoms with van der Waals surface area (Å²) in [5.41, 5.74) is -3.77. The highest BCUT2D eigenvalue weighted by Crippen LogP contribution is 2.71. The minimum Gasteiger partial charge on any atom is -0.445 e. The van der Waals surface area contributed by atoms with Crippen molar-refractivity contribution in [2.24, 2.45) is 22.7 Å². The lowest BCUT2D eigenvalue weighted by atomic mass is 9.44. The van der Waals surface area contributed by atoms with Crippen LogP contribution < -0.4 is 21.3 Å². The van der Waals surface area contributed by atoms with E-state index in [9.17, 15) is 29.1 Å². The Morgan fingerprint density at radius 1 is 1.00 bits per heavy atom. The highest BCUT2D eigenvalue weighted by atomic mass is 19.1. The van der Waals surface area contributed by atoms with Crippen LogP contribution in [0.5, 0.6) is 0 Å². The largest absolute Gasteiger partial charge is 0.445 e. The molecular formula is C40H52F2N4O9. The predicted molar refractivity (Wildman–Crippen MR) is 196 cm³/mol. The molecule has 300 valence electrons. The van der Waals surface area contributed by atoms with Gasteiger partial charge in [0.15, 0.2) is 17.7 Å². The molecule has 0 aromatic heterocycles. The number of allylic oxidation sites excluding steroid dienone is 4. The zero-order chi connectivity index (χ0) is 39.8. The summed E-state index contributed by atoms with van der Waals surface area (Å²) in [5.74, 6) is -1.87. The number of alkyl halides is 2. The average Bonchev–Trinajstić information content (AvgIpc) is 3.56. The molecule has 4 fully saturated rings. The van der Waals surface area contributed by atoms with Crippen LogP contribution in [0.15, 0.2) is 48.1 Å². The van der Waals surface area contributed by atoms with Crippen LogP contribution >= 0.6 is 0 Å². The fourth-order valence-electron chi connectivity index (χ4n) is 9.67. The van der Waals surface area contributed by atoms with E-state index in [0.717, 1.165) is 0 Å². The van der Waals surface area contributed by atoms with Gasteiger partial charge in [0.25, 0.3) is 0 Å². The van der Waals surface area contributed by atoms with Crippen LogP contribution in [0.3, 0.4) is 0 Å². The van der Waals surface area contributed by atoms with Gasteiger partial charge >= 0.3 is 12.1 Å². The molecular weight excluding hydrogens is 718 g/mol. The smallest absolute Gasteiger partial charge is 0.407 e. The van der Waals surface area contributed by atoms with Gasteiger partial charge in [-0.2, -0.15) is 0 Å². The minimum absolute atomic E-state index is 0.0171. The maximum atomic E-state index is 17.4. The minimum atomic E-state index is -2.16. The number of hydrogen-bond donors (Lipinski definition) is 5. The topological polar surface area (TPSA) is 181 Å². The van der Waals surface area contributed by atoms with E-state index in [-0.39, 0.29) is 74.0 Å². The lowest BCUT2D eigenvalue weighted by molar-refractivity contribution is -0.233. The summed E-state index contributed by atoms with van der Waals surface area (Å²) >= 11 is 0. The number of anilines is 1. The van der Waals surface area contributed by atoms with Crippen LogP contribution in [0.2, 0.25) is 0 Å². The lowest BCUT2D eigenvalue weighted by Crippen LogP contribution is -2.69. The van der Waals surface area contributed by atoms with E-state index >= 15 is 8.78 Å². The first kappa shape index (κ1) is 40.5. The van der Waals surface area contributed by atoms with Crippen molar-refractivity contribution in [2.45, 2.75) is 115 Å². The Morgan fingerprint density at radius 3 is 2.45 bits per heavy atom. The third-order valence-electron chi connectivity index (χ3n) is 12.8. The van der Waals surface area contributed by atoms with Crippen molar-refractivity contribution >= 4 is 35.3 Å². The zero-order valence-electron chi connectivity index (χ0n) is 31.8. The number of rotatable bonds is 13. The summed E-state index contributed by atoms with van der Waals surface area (Å²) in [6.45, 7) is 7.39. The number of nitrogens with one attached hydrogen (secondary N) is 4. The Kier molecular flexibility index (Phi) is 11.6. The molecule has 4 aliphatic carbocycles. The van der Waals surface area contributed by atoms with Crippen molar-refractivity contribution < 1.29 is 52.1 Å². The molecule has 1 heterocycles. The predicted octanol–water partition coefficient (Wildman–Crippen LogP) is 4.73. The van der Waals surface area contributed by atoms with Crippen LogP contribution in [0.25, 0.3) is 0 Å². The third-order valence-corrected chi connectivity index (χ3v) is 12.8. The van der Waals surface area contributed by atoms with E-state index in [1.807, 2.05) is 13.8 Å². The molecule has 6 rings (SSSR count). The second-order valence-electron chi connectivity index (χ2n) is 16.2. The van der Waals surface area contributed by atoms with Crippen LogP contribution in [0, 0.1) is 22.7 Å². The number of unbranched alkanes of at least 4 members (excludes halogenated alkanes) is 1. The highest BCUT2D eigenvalue weighted by molar-refractivity contribution is 6.01. The summed E-state index contributed by atoms with van der Waals surface area (Å²) in [6, 6.07) is 6.46. The van der Waals surface area contributed by atoms with Crippen molar-refractivity contribution in [3.63, 3.8) is 0 Å². The van der Waals surface area contributed by atoms with Crippen LogP contribution in [-0.2, 0) is 35.2 Å². The number of alkyl carbamates (subject to hydrolysis) is 1. The molecule has 10 atom stereocenters. The Labute approximate surface area is 319 Å². The quantitative estimate of drug-likeness (QED) is 0.177. The monoisotopic (exact) mass is 770 g/mol. The van der Waals surface area contributed by atoms with Gasteiger partial charge in [-0.1, -0.05) is 25.1 Å². The van der Waals surface area contributed by atoms with Crippen LogP contribution in [0.4, 0.5) is 24.1 Å². The lowest BCUT2D eigenvalue weighted by Gasteiger charge is -2.63. The number of aliphatic hydroxyl groups excluding tert-OH is 1. The van der Waals surface area contributed by atoms with Crippen LogP contribution in [0.1, 0.15) is 78.2 Å². The van der Waals surface area contributed by atoms with Gasteiger partial charge in [0.1, 0.15) is 24.2 Å². The van der Waals surface area contributed by atoms with Crippen molar-refractivity contribution in [3.8, 4) is 0 Å². The van der Waals surface area contributed by atoms with Gasteiger partial charge in [0.2, 0.25) is 5.91 Å². The Balaban J connectivity index is 0.887.